The molecule has 1 aliphatic rings. The van der Waals surface area contributed by atoms with E-state index in [1.807, 2.05) is 23.9 Å². The third-order valence-corrected chi connectivity index (χ3v) is 3.45. The Labute approximate surface area is 115 Å². The predicted octanol–water partition coefficient (Wildman–Crippen LogP) is 1.85. The molecule has 1 N–H and O–H groups in total. The topological polar surface area (TPSA) is 90.6 Å². The van der Waals surface area contributed by atoms with Gasteiger partial charge in [-0.1, -0.05) is 0 Å². The fraction of sp³-hybridized carbons (Fsp3) is 0.500. The minimum atomic E-state index is -0.110. The Morgan fingerprint density at radius 3 is 3.25 bits per heavy atom. The molecule has 106 valence electrons. The highest BCUT2D eigenvalue weighted by atomic mass is 16.7. The number of fused-ring (bicyclic) bond motifs is 1. The summed E-state index contributed by atoms with van der Waals surface area (Å²) >= 11 is 0. The van der Waals surface area contributed by atoms with Gasteiger partial charge in [0.15, 0.2) is 5.34 Å². The van der Waals surface area contributed by atoms with Crippen LogP contribution in [0.15, 0.2) is 23.9 Å². The maximum absolute atomic E-state index is 9.96. The molecule has 0 radical (unpaired) electrons. The maximum atomic E-state index is 9.96. The molecule has 3 rings (SSSR count). The van der Waals surface area contributed by atoms with Crippen molar-refractivity contribution >= 4 is 16.9 Å². The maximum Gasteiger partial charge on any atom is 0.155 e. The van der Waals surface area contributed by atoms with Gasteiger partial charge in [-0.25, -0.2) is 9.97 Å². The van der Waals surface area contributed by atoms with Crippen molar-refractivity contribution < 1.29 is 9.57 Å². The second-order valence-electron chi connectivity index (χ2n) is 4.59. The molecule has 0 bridgehead atoms. The monoisotopic (exact) mass is 277 g/mol. The number of hydrogen-bond acceptors (Lipinski definition) is 7. The van der Waals surface area contributed by atoms with Gasteiger partial charge in [0.25, 0.3) is 0 Å². The summed E-state index contributed by atoms with van der Waals surface area (Å²) in [5.74, 6) is 0.789. The van der Waals surface area contributed by atoms with Gasteiger partial charge in [-0.05, 0) is 18.9 Å². The molecular formula is C12H15N5O3. The van der Waals surface area contributed by atoms with Crippen molar-refractivity contribution in [2.45, 2.75) is 25.2 Å². The first-order valence-electron chi connectivity index (χ1n) is 6.43. The van der Waals surface area contributed by atoms with Gasteiger partial charge in [-0.3, -0.25) is 0 Å². The molecule has 0 aromatic carbocycles. The molecule has 0 amide bonds. The summed E-state index contributed by atoms with van der Waals surface area (Å²) in [6.45, 7) is 0.190. The van der Waals surface area contributed by atoms with Crippen LogP contribution in [-0.2, 0) is 9.57 Å². The summed E-state index contributed by atoms with van der Waals surface area (Å²) < 4.78 is 7.83. The zero-order chi connectivity index (χ0) is 13.9. The molecular weight excluding hydrogens is 262 g/mol. The normalized spacial score (nSPS) is 22.1. The van der Waals surface area contributed by atoms with Crippen LogP contribution in [0.3, 0.4) is 0 Å². The molecule has 8 heteroatoms. The summed E-state index contributed by atoms with van der Waals surface area (Å²) in [6, 6.07) is 1.96. The summed E-state index contributed by atoms with van der Waals surface area (Å²) in [7, 11) is 1.82. The van der Waals surface area contributed by atoms with Crippen molar-refractivity contribution in [1.82, 2.24) is 14.5 Å². The van der Waals surface area contributed by atoms with Crippen LogP contribution >= 0.6 is 0 Å². The number of aromatic nitrogens is 3. The van der Waals surface area contributed by atoms with Crippen molar-refractivity contribution in [2.24, 2.45) is 5.34 Å². The fourth-order valence-corrected chi connectivity index (χ4v) is 2.53. The Hall–Kier alpha value is -2.22. The second-order valence-corrected chi connectivity index (χ2v) is 4.59. The van der Waals surface area contributed by atoms with E-state index in [9.17, 15) is 4.91 Å². The Morgan fingerprint density at radius 1 is 1.55 bits per heavy atom. The lowest BCUT2D eigenvalue weighted by Crippen LogP contribution is -2.15. The third-order valence-electron chi connectivity index (χ3n) is 3.45. The predicted molar refractivity (Wildman–Crippen MR) is 72.0 cm³/mol. The van der Waals surface area contributed by atoms with E-state index in [2.05, 4.69) is 25.5 Å². The molecule has 2 aromatic rings. The highest BCUT2D eigenvalue weighted by molar-refractivity contribution is 5.87. The highest BCUT2D eigenvalue weighted by Gasteiger charge is 2.28. The summed E-state index contributed by atoms with van der Waals surface area (Å²) in [5, 5.41) is 6.38. The lowest BCUT2D eigenvalue weighted by molar-refractivity contribution is -0.0396. The van der Waals surface area contributed by atoms with Gasteiger partial charge >= 0.3 is 0 Å². The Kier molecular flexibility index (Phi) is 3.46. The van der Waals surface area contributed by atoms with Crippen molar-refractivity contribution in [2.75, 3.05) is 19.0 Å². The van der Waals surface area contributed by atoms with Crippen LogP contribution in [-0.4, -0.2) is 34.3 Å². The molecule has 3 heterocycles. The van der Waals surface area contributed by atoms with Crippen LogP contribution in [0.25, 0.3) is 11.0 Å². The molecule has 1 fully saturated rings. The van der Waals surface area contributed by atoms with E-state index in [-0.39, 0.29) is 18.9 Å². The molecule has 0 saturated carbocycles. The lowest BCUT2D eigenvalue weighted by atomic mass is 10.2. The lowest BCUT2D eigenvalue weighted by Gasteiger charge is -2.15. The second kappa shape index (κ2) is 5.41. The number of rotatable bonds is 5. The average Bonchev–Trinajstić information content (AvgIpc) is 3.10. The Morgan fingerprint density at radius 2 is 2.45 bits per heavy atom. The van der Waals surface area contributed by atoms with E-state index in [0.29, 0.717) is 0 Å². The van der Waals surface area contributed by atoms with E-state index in [0.717, 1.165) is 29.7 Å². The van der Waals surface area contributed by atoms with E-state index in [4.69, 9.17) is 4.74 Å². The minimum Gasteiger partial charge on any atom is -0.372 e. The van der Waals surface area contributed by atoms with E-state index >= 15 is 0 Å². The molecule has 8 nitrogen and oxygen atoms in total. The molecule has 2 aromatic heterocycles. The first kappa shape index (κ1) is 12.8. The van der Waals surface area contributed by atoms with Gasteiger partial charge in [0.2, 0.25) is 0 Å². The quantitative estimate of drug-likeness (QED) is 0.662. The summed E-state index contributed by atoms with van der Waals surface area (Å²) in [4.78, 5) is 23.0. The minimum absolute atomic E-state index is 0.104. The SMILES string of the molecule is CNc1ncnc2c1ccn2C1CCC(CON=O)O1. The Bertz CT molecular complexity index is 614. The molecule has 1 aliphatic heterocycles. The van der Waals surface area contributed by atoms with Crippen LogP contribution in [0.5, 0.6) is 0 Å². The van der Waals surface area contributed by atoms with Gasteiger partial charge in [0.1, 0.15) is 30.6 Å². The van der Waals surface area contributed by atoms with Crippen LogP contribution in [0.1, 0.15) is 19.1 Å². The van der Waals surface area contributed by atoms with Crippen molar-refractivity contribution in [3.63, 3.8) is 0 Å². The van der Waals surface area contributed by atoms with E-state index in [1.54, 1.807) is 0 Å². The van der Waals surface area contributed by atoms with Crippen LogP contribution < -0.4 is 5.32 Å². The molecule has 1 saturated heterocycles. The van der Waals surface area contributed by atoms with Crippen molar-refractivity contribution in [1.29, 1.82) is 0 Å². The molecule has 2 unspecified atom stereocenters. The number of nitrogens with one attached hydrogen (secondary N) is 1. The van der Waals surface area contributed by atoms with Crippen molar-refractivity contribution in [3.05, 3.63) is 23.5 Å². The number of anilines is 1. The summed E-state index contributed by atoms with van der Waals surface area (Å²) in [5.41, 5.74) is 0.824. The first-order chi connectivity index (χ1) is 9.83. The molecule has 2 atom stereocenters. The average molecular weight is 277 g/mol. The fourth-order valence-electron chi connectivity index (χ4n) is 2.53. The molecule has 0 spiro atoms. The van der Waals surface area contributed by atoms with Gasteiger partial charge < -0.3 is 19.5 Å². The van der Waals surface area contributed by atoms with Crippen LogP contribution in [0.4, 0.5) is 5.82 Å². The van der Waals surface area contributed by atoms with E-state index < -0.39 is 0 Å². The molecule has 0 aliphatic carbocycles. The van der Waals surface area contributed by atoms with Crippen LogP contribution in [0.2, 0.25) is 0 Å². The largest absolute Gasteiger partial charge is 0.372 e. The first-order valence-corrected chi connectivity index (χ1v) is 6.43. The zero-order valence-corrected chi connectivity index (χ0v) is 11.0. The third kappa shape index (κ3) is 2.18. The van der Waals surface area contributed by atoms with Gasteiger partial charge in [-0.15, -0.1) is 4.91 Å². The standard InChI is InChI=1S/C12H15N5O3/c1-13-11-9-4-5-17(12(9)15-7-14-11)10-3-2-8(20-10)6-19-16-18/h4-5,7-8,10H,2-3,6H2,1H3,(H,13,14,15). The van der Waals surface area contributed by atoms with Gasteiger partial charge in [-0.2, -0.15) is 0 Å². The Balaban J connectivity index is 1.83. The summed E-state index contributed by atoms with van der Waals surface area (Å²) in [6.07, 6.45) is 4.91. The van der Waals surface area contributed by atoms with E-state index in [1.165, 1.54) is 6.33 Å². The van der Waals surface area contributed by atoms with Crippen LogP contribution in [0, 0.1) is 4.91 Å². The number of hydrogen-bond donors (Lipinski definition) is 1. The van der Waals surface area contributed by atoms with Crippen molar-refractivity contribution in [3.8, 4) is 0 Å². The number of nitrogens with zero attached hydrogens (tertiary/aromatic N) is 4. The molecule has 20 heavy (non-hydrogen) atoms. The van der Waals surface area contributed by atoms with Gasteiger partial charge in [0, 0.05) is 13.2 Å². The number of ether oxygens (including phenoxy) is 1. The highest BCUT2D eigenvalue weighted by Crippen LogP contribution is 2.32. The zero-order valence-electron chi connectivity index (χ0n) is 11.0. The smallest absolute Gasteiger partial charge is 0.155 e. The van der Waals surface area contributed by atoms with Gasteiger partial charge in [0.05, 0.1) is 11.5 Å².